The number of hydrogen-bond donors (Lipinski definition) is 0. The van der Waals surface area contributed by atoms with Gasteiger partial charge in [-0.2, -0.15) is 10.4 Å². The molecule has 0 aromatic carbocycles. The van der Waals surface area contributed by atoms with E-state index in [1.807, 2.05) is 18.5 Å². The zero-order valence-corrected chi connectivity index (χ0v) is 14.2. The van der Waals surface area contributed by atoms with Crippen LogP contribution in [0.3, 0.4) is 0 Å². The molecule has 3 heterocycles. The van der Waals surface area contributed by atoms with Gasteiger partial charge in [0.15, 0.2) is 15.6 Å². The van der Waals surface area contributed by atoms with Crippen LogP contribution in [-0.4, -0.2) is 26.4 Å². The van der Waals surface area contributed by atoms with Crippen molar-refractivity contribution in [2.24, 2.45) is 0 Å². The Balaban J connectivity index is 2.12. The summed E-state index contributed by atoms with van der Waals surface area (Å²) in [7, 11) is 0. The molecule has 6 nitrogen and oxygen atoms in total. The van der Waals surface area contributed by atoms with Gasteiger partial charge >= 0.3 is 0 Å². The molecule has 0 spiro atoms. The molecule has 0 amide bonds. The molecular weight excluding hydrogens is 381 g/mol. The normalized spacial score (nSPS) is 19.6. The van der Waals surface area contributed by atoms with Crippen molar-refractivity contribution in [1.29, 1.82) is 5.26 Å². The lowest BCUT2D eigenvalue weighted by Crippen LogP contribution is -2.21. The van der Waals surface area contributed by atoms with Gasteiger partial charge in [-0.15, -0.1) is 0 Å². The molecule has 1 saturated heterocycles. The number of halogens is 1. The highest BCUT2D eigenvalue weighted by molar-refractivity contribution is 14.1. The number of ether oxygens (including phenoxy) is 1. The molecule has 0 aliphatic carbocycles. The Morgan fingerprint density at radius 2 is 2.29 bits per heavy atom. The summed E-state index contributed by atoms with van der Waals surface area (Å²) in [5.74, 6) is 0. The third-order valence-corrected chi connectivity index (χ3v) is 4.44. The molecule has 0 radical (unpaired) electrons. The third kappa shape index (κ3) is 2.62. The lowest BCUT2D eigenvalue weighted by atomic mass is 9.92. The van der Waals surface area contributed by atoms with Crippen molar-refractivity contribution in [2.45, 2.75) is 44.8 Å². The smallest absolute Gasteiger partial charge is 0.180 e. The SMILES string of the molecule is CC(C)(C#N)c1cnc2c(I)nn(C3CCCCO3)c2n1. The van der Waals surface area contributed by atoms with E-state index in [0.717, 1.165) is 35.1 Å². The van der Waals surface area contributed by atoms with Crippen LogP contribution in [0.2, 0.25) is 0 Å². The summed E-state index contributed by atoms with van der Waals surface area (Å²) >= 11 is 2.16. The van der Waals surface area contributed by atoms with Crippen LogP contribution >= 0.6 is 22.6 Å². The standard InChI is InChI=1S/C14H16IN5O/c1-14(2,8-16)9-7-17-11-12(15)19-20(13(11)18-9)10-5-3-4-6-21-10/h7,10H,3-6H2,1-2H3. The fourth-order valence-electron chi connectivity index (χ4n) is 2.35. The van der Waals surface area contributed by atoms with Crippen LogP contribution in [0.25, 0.3) is 11.2 Å². The maximum Gasteiger partial charge on any atom is 0.180 e. The molecule has 110 valence electrons. The number of rotatable bonds is 2. The average Bonchev–Trinajstić information content (AvgIpc) is 2.85. The van der Waals surface area contributed by atoms with E-state index in [4.69, 9.17) is 4.74 Å². The van der Waals surface area contributed by atoms with E-state index in [-0.39, 0.29) is 6.23 Å². The topological polar surface area (TPSA) is 76.6 Å². The van der Waals surface area contributed by atoms with Gasteiger partial charge in [0, 0.05) is 6.61 Å². The number of hydrogen-bond acceptors (Lipinski definition) is 5. The molecule has 0 N–H and O–H groups in total. The van der Waals surface area contributed by atoms with Crippen molar-refractivity contribution < 1.29 is 4.74 Å². The molecule has 0 bridgehead atoms. The second-order valence-electron chi connectivity index (χ2n) is 5.72. The molecule has 1 aliphatic rings. The van der Waals surface area contributed by atoms with Gasteiger partial charge in [-0.3, -0.25) is 0 Å². The zero-order valence-electron chi connectivity index (χ0n) is 12.0. The lowest BCUT2D eigenvalue weighted by molar-refractivity contribution is -0.0372. The highest BCUT2D eigenvalue weighted by Crippen LogP contribution is 2.28. The number of fused-ring (bicyclic) bond motifs is 1. The van der Waals surface area contributed by atoms with Gasteiger partial charge in [-0.25, -0.2) is 14.6 Å². The summed E-state index contributed by atoms with van der Waals surface area (Å²) in [6, 6.07) is 2.26. The lowest BCUT2D eigenvalue weighted by Gasteiger charge is -2.23. The molecule has 1 atom stereocenters. The largest absolute Gasteiger partial charge is 0.356 e. The Morgan fingerprint density at radius 1 is 1.48 bits per heavy atom. The van der Waals surface area contributed by atoms with Gasteiger partial charge in [0.05, 0.1) is 23.4 Å². The highest BCUT2D eigenvalue weighted by atomic mass is 127. The van der Waals surface area contributed by atoms with Crippen LogP contribution in [0.4, 0.5) is 0 Å². The minimum absolute atomic E-state index is 0.0838. The predicted octanol–water partition coefficient (Wildman–Crippen LogP) is 2.93. The van der Waals surface area contributed by atoms with E-state index in [1.165, 1.54) is 0 Å². The van der Waals surface area contributed by atoms with Crippen LogP contribution in [-0.2, 0) is 10.2 Å². The first-order valence-corrected chi connectivity index (χ1v) is 8.05. The summed E-state index contributed by atoms with van der Waals surface area (Å²) in [5.41, 5.74) is 1.45. The van der Waals surface area contributed by atoms with E-state index < -0.39 is 5.41 Å². The van der Waals surface area contributed by atoms with Crippen LogP contribution in [0, 0.1) is 15.0 Å². The van der Waals surface area contributed by atoms with Gasteiger partial charge in [-0.1, -0.05) is 0 Å². The van der Waals surface area contributed by atoms with Crippen molar-refractivity contribution in [3.8, 4) is 6.07 Å². The molecule has 21 heavy (non-hydrogen) atoms. The molecule has 3 rings (SSSR count). The molecular formula is C14H16IN5O. The Morgan fingerprint density at radius 3 is 2.95 bits per heavy atom. The van der Waals surface area contributed by atoms with Crippen LogP contribution in [0.1, 0.15) is 45.0 Å². The van der Waals surface area contributed by atoms with E-state index in [9.17, 15) is 5.26 Å². The summed E-state index contributed by atoms with van der Waals surface area (Å²) < 4.78 is 8.43. The van der Waals surface area contributed by atoms with Crippen molar-refractivity contribution >= 4 is 33.8 Å². The first-order chi connectivity index (χ1) is 10.0. The van der Waals surface area contributed by atoms with E-state index in [0.29, 0.717) is 11.3 Å². The summed E-state index contributed by atoms with van der Waals surface area (Å²) in [5, 5.41) is 13.8. The minimum Gasteiger partial charge on any atom is -0.356 e. The fraction of sp³-hybridized carbons (Fsp3) is 0.571. The number of nitriles is 1. The van der Waals surface area contributed by atoms with Gasteiger partial charge in [0.25, 0.3) is 0 Å². The van der Waals surface area contributed by atoms with E-state index in [1.54, 1.807) is 6.20 Å². The molecule has 0 saturated carbocycles. The third-order valence-electron chi connectivity index (χ3n) is 3.71. The molecule has 2 aromatic heterocycles. The Kier molecular flexibility index (Phi) is 3.84. The van der Waals surface area contributed by atoms with E-state index >= 15 is 0 Å². The zero-order chi connectivity index (χ0) is 15.0. The predicted molar refractivity (Wildman–Crippen MR) is 85.5 cm³/mol. The maximum atomic E-state index is 9.28. The van der Waals surface area contributed by atoms with Gasteiger partial charge in [-0.05, 0) is 55.7 Å². The first kappa shape index (κ1) is 14.7. The second kappa shape index (κ2) is 5.50. The second-order valence-corrected chi connectivity index (χ2v) is 6.74. The van der Waals surface area contributed by atoms with Gasteiger partial charge in [0.1, 0.15) is 5.52 Å². The van der Waals surface area contributed by atoms with Crippen molar-refractivity contribution in [2.75, 3.05) is 6.61 Å². The van der Waals surface area contributed by atoms with Crippen LogP contribution < -0.4 is 0 Å². The maximum absolute atomic E-state index is 9.28. The minimum atomic E-state index is -0.671. The van der Waals surface area contributed by atoms with Crippen molar-refractivity contribution in [3.05, 3.63) is 15.6 Å². The quantitative estimate of drug-likeness (QED) is 0.729. The number of aromatic nitrogens is 4. The van der Waals surface area contributed by atoms with Crippen LogP contribution in [0.5, 0.6) is 0 Å². The Hall–Kier alpha value is -1.27. The Bertz CT molecular complexity index is 712. The monoisotopic (exact) mass is 397 g/mol. The Labute approximate surface area is 136 Å². The van der Waals surface area contributed by atoms with Crippen LogP contribution in [0.15, 0.2) is 6.20 Å². The van der Waals surface area contributed by atoms with Crippen molar-refractivity contribution in [1.82, 2.24) is 19.7 Å². The summed E-state index contributed by atoms with van der Waals surface area (Å²) in [4.78, 5) is 9.09. The molecule has 1 aliphatic heterocycles. The average molecular weight is 397 g/mol. The van der Waals surface area contributed by atoms with E-state index in [2.05, 4.69) is 43.7 Å². The fourth-order valence-corrected chi connectivity index (χ4v) is 2.96. The molecule has 1 fully saturated rings. The summed E-state index contributed by atoms with van der Waals surface area (Å²) in [6.07, 6.45) is 4.73. The first-order valence-electron chi connectivity index (χ1n) is 6.97. The van der Waals surface area contributed by atoms with Gasteiger partial charge < -0.3 is 4.74 Å². The van der Waals surface area contributed by atoms with Gasteiger partial charge in [0.2, 0.25) is 0 Å². The molecule has 2 aromatic rings. The molecule has 1 unspecified atom stereocenters. The van der Waals surface area contributed by atoms with Crippen molar-refractivity contribution in [3.63, 3.8) is 0 Å². The summed E-state index contributed by atoms with van der Waals surface area (Å²) in [6.45, 7) is 4.43. The number of nitrogens with zero attached hydrogens (tertiary/aromatic N) is 5. The molecule has 7 heteroatoms. The highest BCUT2D eigenvalue weighted by Gasteiger charge is 2.26.